The molecule has 5 heteroatoms. The third-order valence-corrected chi connectivity index (χ3v) is 5.18. The van der Waals surface area contributed by atoms with Gasteiger partial charge in [0, 0.05) is 10.3 Å². The Hall–Kier alpha value is -2.97. The number of allylic oxidation sites excluding steroid dienone is 1. The van der Waals surface area contributed by atoms with Crippen LogP contribution in [0.3, 0.4) is 0 Å². The molecule has 4 nitrogen and oxygen atoms in total. The maximum absolute atomic E-state index is 12.2. The topological polar surface area (TPSA) is 74.0 Å². The molecular formula is C21H18N2O2S. The molecule has 0 aliphatic carbocycles. The van der Waals surface area contributed by atoms with Crippen molar-refractivity contribution in [1.29, 1.82) is 5.26 Å². The number of hydrogen-bond acceptors (Lipinski definition) is 5. The van der Waals surface area contributed by atoms with Crippen molar-refractivity contribution in [2.24, 2.45) is 0 Å². The molecule has 0 fully saturated rings. The van der Waals surface area contributed by atoms with Gasteiger partial charge in [0.1, 0.15) is 22.4 Å². The van der Waals surface area contributed by atoms with Crippen molar-refractivity contribution in [1.82, 2.24) is 4.98 Å². The third-order valence-electron chi connectivity index (χ3n) is 4.11. The van der Waals surface area contributed by atoms with Crippen molar-refractivity contribution in [3.63, 3.8) is 0 Å². The molecule has 2 aromatic carbocycles. The van der Waals surface area contributed by atoms with E-state index in [0.29, 0.717) is 10.9 Å². The van der Waals surface area contributed by atoms with Crippen LogP contribution in [0.5, 0.6) is 0 Å². The molecule has 3 aromatic rings. The van der Waals surface area contributed by atoms with Gasteiger partial charge in [-0.3, -0.25) is 4.79 Å². The summed E-state index contributed by atoms with van der Waals surface area (Å²) < 4.78 is 0.728. The highest BCUT2D eigenvalue weighted by atomic mass is 32.1. The number of hydrogen-bond donors (Lipinski definition) is 1. The van der Waals surface area contributed by atoms with Crippen LogP contribution in [-0.2, 0) is 5.41 Å². The molecule has 26 heavy (non-hydrogen) atoms. The van der Waals surface area contributed by atoms with E-state index in [0.717, 1.165) is 10.3 Å². The molecule has 0 saturated carbocycles. The second kappa shape index (κ2) is 6.74. The Labute approximate surface area is 155 Å². The first kappa shape index (κ1) is 17.8. The SMILES string of the molecule is CC(C)(C)c1ccc(C(O)=C(C#N)c2nc(=O)c3ccccc3s2)cc1. The van der Waals surface area contributed by atoms with E-state index < -0.39 is 5.56 Å². The van der Waals surface area contributed by atoms with Crippen molar-refractivity contribution in [2.75, 3.05) is 0 Å². The summed E-state index contributed by atoms with van der Waals surface area (Å²) in [6, 6.07) is 16.5. The first-order valence-electron chi connectivity index (χ1n) is 8.16. The minimum Gasteiger partial charge on any atom is -0.506 e. The van der Waals surface area contributed by atoms with Crippen molar-refractivity contribution >= 4 is 32.8 Å². The zero-order valence-electron chi connectivity index (χ0n) is 14.8. The van der Waals surface area contributed by atoms with Gasteiger partial charge in [-0.2, -0.15) is 10.2 Å². The minimum atomic E-state index is -0.405. The molecule has 0 unspecified atom stereocenters. The largest absolute Gasteiger partial charge is 0.506 e. The van der Waals surface area contributed by atoms with E-state index in [1.807, 2.05) is 24.3 Å². The molecule has 0 amide bonds. The Kier molecular flexibility index (Phi) is 4.62. The number of nitrogens with zero attached hydrogens (tertiary/aromatic N) is 2. The van der Waals surface area contributed by atoms with E-state index in [9.17, 15) is 15.2 Å². The first-order chi connectivity index (χ1) is 12.3. The van der Waals surface area contributed by atoms with Crippen LogP contribution < -0.4 is 5.56 Å². The van der Waals surface area contributed by atoms with Gasteiger partial charge in [0.15, 0.2) is 0 Å². The number of aromatic nitrogens is 1. The normalized spacial score (nSPS) is 12.5. The van der Waals surface area contributed by atoms with Gasteiger partial charge in [-0.05, 0) is 23.1 Å². The lowest BCUT2D eigenvalue weighted by Crippen LogP contribution is -2.10. The van der Waals surface area contributed by atoms with E-state index in [1.54, 1.807) is 30.3 Å². The Morgan fingerprint density at radius 1 is 1.12 bits per heavy atom. The van der Waals surface area contributed by atoms with Crippen molar-refractivity contribution < 1.29 is 5.11 Å². The highest BCUT2D eigenvalue weighted by Crippen LogP contribution is 2.29. The number of fused-ring (bicyclic) bond motifs is 1. The van der Waals surface area contributed by atoms with Crippen LogP contribution in [0.4, 0.5) is 0 Å². The lowest BCUT2D eigenvalue weighted by atomic mass is 9.86. The van der Waals surface area contributed by atoms with Crippen LogP contribution in [0.15, 0.2) is 53.3 Å². The van der Waals surface area contributed by atoms with Crippen LogP contribution in [0.1, 0.15) is 36.9 Å². The Morgan fingerprint density at radius 3 is 2.38 bits per heavy atom. The smallest absolute Gasteiger partial charge is 0.279 e. The second-order valence-electron chi connectivity index (χ2n) is 6.98. The van der Waals surface area contributed by atoms with Crippen LogP contribution >= 0.6 is 11.3 Å². The quantitative estimate of drug-likeness (QED) is 0.519. The Balaban J connectivity index is 2.13. The molecular weight excluding hydrogens is 344 g/mol. The van der Waals surface area contributed by atoms with Gasteiger partial charge in [0.25, 0.3) is 5.56 Å². The van der Waals surface area contributed by atoms with Crippen molar-refractivity contribution in [3.8, 4) is 6.07 Å². The second-order valence-corrected chi connectivity index (χ2v) is 8.01. The molecule has 0 spiro atoms. The van der Waals surface area contributed by atoms with Gasteiger partial charge < -0.3 is 5.11 Å². The molecule has 1 N–H and O–H groups in total. The molecule has 0 atom stereocenters. The Morgan fingerprint density at radius 2 is 1.77 bits per heavy atom. The molecule has 1 aromatic heterocycles. The predicted molar refractivity (Wildman–Crippen MR) is 106 cm³/mol. The summed E-state index contributed by atoms with van der Waals surface area (Å²) in [6.07, 6.45) is 0. The molecule has 3 rings (SSSR count). The zero-order valence-corrected chi connectivity index (χ0v) is 15.6. The average Bonchev–Trinajstić information content (AvgIpc) is 2.62. The lowest BCUT2D eigenvalue weighted by Gasteiger charge is -2.19. The summed E-state index contributed by atoms with van der Waals surface area (Å²) in [7, 11) is 0. The van der Waals surface area contributed by atoms with Gasteiger partial charge >= 0.3 is 0 Å². The molecule has 0 radical (unpaired) electrons. The monoisotopic (exact) mass is 362 g/mol. The van der Waals surface area contributed by atoms with E-state index >= 15 is 0 Å². The third kappa shape index (κ3) is 3.37. The zero-order chi connectivity index (χ0) is 18.9. The standard InChI is InChI=1S/C21H18N2O2S/c1-21(2,3)14-10-8-13(9-11-14)18(24)16(12-22)20-23-19(25)15-6-4-5-7-17(15)26-20/h4-11,24H,1-3H3. The summed E-state index contributed by atoms with van der Waals surface area (Å²) >= 11 is 1.21. The fourth-order valence-corrected chi connectivity index (χ4v) is 3.59. The van der Waals surface area contributed by atoms with Crippen molar-refractivity contribution in [3.05, 3.63) is 75.0 Å². The van der Waals surface area contributed by atoms with Gasteiger partial charge in [0.2, 0.25) is 0 Å². The summed E-state index contributed by atoms with van der Waals surface area (Å²) in [5, 5.41) is 20.9. The maximum Gasteiger partial charge on any atom is 0.279 e. The molecule has 1 heterocycles. The predicted octanol–water partition coefficient (Wildman–Crippen LogP) is 4.90. The van der Waals surface area contributed by atoms with Gasteiger partial charge in [-0.1, -0.05) is 57.2 Å². The number of aliphatic hydroxyl groups excluding tert-OH is 1. The van der Waals surface area contributed by atoms with Gasteiger partial charge in [0.05, 0.1) is 5.39 Å². The summed E-state index contributed by atoms with van der Waals surface area (Å²) in [5.41, 5.74) is 1.24. The molecule has 0 aliphatic rings. The molecule has 0 bridgehead atoms. The van der Waals surface area contributed by atoms with E-state index in [2.05, 4.69) is 25.8 Å². The summed E-state index contributed by atoms with van der Waals surface area (Å²) in [5.74, 6) is -0.175. The average molecular weight is 362 g/mol. The fraction of sp³-hybridized carbons (Fsp3) is 0.190. The van der Waals surface area contributed by atoms with E-state index in [4.69, 9.17) is 0 Å². The van der Waals surface area contributed by atoms with Crippen molar-refractivity contribution in [2.45, 2.75) is 26.2 Å². The van der Waals surface area contributed by atoms with E-state index in [1.165, 1.54) is 11.3 Å². The maximum atomic E-state index is 12.2. The lowest BCUT2D eigenvalue weighted by molar-refractivity contribution is 0.513. The highest BCUT2D eigenvalue weighted by molar-refractivity contribution is 7.19. The summed E-state index contributed by atoms with van der Waals surface area (Å²) in [6.45, 7) is 6.32. The molecule has 0 aliphatic heterocycles. The number of rotatable bonds is 2. The van der Waals surface area contributed by atoms with Crippen LogP contribution in [0, 0.1) is 11.3 Å². The van der Waals surface area contributed by atoms with Gasteiger partial charge in [-0.25, -0.2) is 0 Å². The van der Waals surface area contributed by atoms with Crippen LogP contribution in [-0.4, -0.2) is 10.1 Å². The minimum absolute atomic E-state index is 0.00126. The number of aliphatic hydroxyl groups is 1. The molecule has 130 valence electrons. The van der Waals surface area contributed by atoms with Crippen LogP contribution in [0.25, 0.3) is 21.4 Å². The van der Waals surface area contributed by atoms with Crippen LogP contribution in [0.2, 0.25) is 0 Å². The number of nitriles is 1. The van der Waals surface area contributed by atoms with E-state index in [-0.39, 0.29) is 21.8 Å². The number of benzene rings is 2. The first-order valence-corrected chi connectivity index (χ1v) is 8.97. The summed E-state index contributed by atoms with van der Waals surface area (Å²) in [4.78, 5) is 16.2. The van der Waals surface area contributed by atoms with Gasteiger partial charge in [-0.15, -0.1) is 11.3 Å². The Bertz CT molecular complexity index is 1100. The molecule has 0 saturated heterocycles. The fourth-order valence-electron chi connectivity index (χ4n) is 2.59. The highest BCUT2D eigenvalue weighted by Gasteiger charge is 2.17.